The molecule has 1 saturated heterocycles. The van der Waals surface area contributed by atoms with E-state index in [-0.39, 0.29) is 23.5 Å². The molecule has 0 saturated carbocycles. The second-order valence-corrected chi connectivity index (χ2v) is 10.3. The molecule has 1 aliphatic heterocycles. The third kappa shape index (κ3) is 3.79. The average Bonchev–Trinajstić information content (AvgIpc) is 3.16. The molecule has 10 heteroatoms. The van der Waals surface area contributed by atoms with Crippen molar-refractivity contribution < 1.29 is 21.6 Å². The van der Waals surface area contributed by atoms with Crippen molar-refractivity contribution in [3.63, 3.8) is 0 Å². The van der Waals surface area contributed by atoms with Gasteiger partial charge in [0.15, 0.2) is 0 Å². The Bertz CT molecular complexity index is 1160. The highest BCUT2D eigenvalue weighted by atomic mass is 32.2. The Morgan fingerprint density at radius 2 is 1.83 bits per heavy atom. The Morgan fingerprint density at radius 3 is 2.50 bits per heavy atom. The maximum atomic E-state index is 13.3. The smallest absolute Gasteiger partial charge is 0.351 e. The summed E-state index contributed by atoms with van der Waals surface area (Å²) in [6.45, 7) is 4.19. The van der Waals surface area contributed by atoms with Crippen molar-refractivity contribution in [2.75, 3.05) is 18.0 Å². The molecule has 1 aromatic carbocycles. The van der Waals surface area contributed by atoms with Crippen molar-refractivity contribution in [3.05, 3.63) is 53.5 Å². The van der Waals surface area contributed by atoms with Crippen LogP contribution < -0.4 is 4.90 Å². The number of pyridine rings is 1. The minimum Gasteiger partial charge on any atom is -0.351 e. The van der Waals surface area contributed by atoms with E-state index in [2.05, 4.69) is 4.98 Å². The van der Waals surface area contributed by atoms with Gasteiger partial charge >= 0.3 is 6.18 Å². The topological polar surface area (TPSA) is 53.5 Å². The molecule has 4 rings (SSSR count). The minimum atomic E-state index is -4.44. The van der Waals surface area contributed by atoms with Crippen LogP contribution in [0.3, 0.4) is 0 Å². The zero-order chi connectivity index (χ0) is 21.7. The van der Waals surface area contributed by atoms with Gasteiger partial charge < -0.3 is 4.90 Å². The molecule has 1 fully saturated rings. The van der Waals surface area contributed by atoms with Crippen LogP contribution in [0.1, 0.15) is 19.4 Å². The number of thiophene rings is 1. The summed E-state index contributed by atoms with van der Waals surface area (Å²) >= 11 is 1.55. The Labute approximate surface area is 176 Å². The van der Waals surface area contributed by atoms with Gasteiger partial charge in [0.1, 0.15) is 5.82 Å². The van der Waals surface area contributed by atoms with Gasteiger partial charge in [0.25, 0.3) is 0 Å². The minimum absolute atomic E-state index is 0.216. The van der Waals surface area contributed by atoms with E-state index in [1.807, 2.05) is 29.3 Å². The maximum absolute atomic E-state index is 13.3. The van der Waals surface area contributed by atoms with Gasteiger partial charge in [0.05, 0.1) is 10.5 Å². The number of fused-ring (bicyclic) bond motifs is 1. The van der Waals surface area contributed by atoms with Gasteiger partial charge in [-0.2, -0.15) is 17.5 Å². The molecule has 160 valence electrons. The fourth-order valence-electron chi connectivity index (χ4n) is 3.71. The van der Waals surface area contributed by atoms with Gasteiger partial charge in [0, 0.05) is 36.1 Å². The normalized spacial score (nSPS) is 21.3. The van der Waals surface area contributed by atoms with Crippen LogP contribution in [-0.4, -0.2) is 42.9 Å². The van der Waals surface area contributed by atoms with E-state index < -0.39 is 21.8 Å². The Morgan fingerprint density at radius 1 is 1.07 bits per heavy atom. The van der Waals surface area contributed by atoms with Crippen LogP contribution >= 0.6 is 11.3 Å². The molecule has 3 aromatic rings. The van der Waals surface area contributed by atoms with Crippen LogP contribution in [0.25, 0.3) is 10.1 Å². The lowest BCUT2D eigenvalue weighted by Gasteiger charge is -2.43. The van der Waals surface area contributed by atoms with Gasteiger partial charge in [-0.25, -0.2) is 13.4 Å². The quantitative estimate of drug-likeness (QED) is 0.579. The number of benzene rings is 1. The predicted octanol–water partition coefficient (Wildman–Crippen LogP) is 4.60. The first-order chi connectivity index (χ1) is 14.1. The van der Waals surface area contributed by atoms with Crippen molar-refractivity contribution in [2.45, 2.75) is 37.0 Å². The lowest BCUT2D eigenvalue weighted by molar-refractivity contribution is -0.137. The third-order valence-electron chi connectivity index (χ3n) is 5.33. The molecule has 2 atom stereocenters. The Balaban J connectivity index is 1.57. The van der Waals surface area contributed by atoms with Crippen LogP contribution in [0.4, 0.5) is 19.0 Å². The summed E-state index contributed by atoms with van der Waals surface area (Å²) in [6.07, 6.45) is -3.63. The van der Waals surface area contributed by atoms with Crippen LogP contribution in [0.2, 0.25) is 0 Å². The van der Waals surface area contributed by atoms with E-state index in [4.69, 9.17) is 0 Å². The van der Waals surface area contributed by atoms with Crippen LogP contribution in [-0.2, 0) is 16.2 Å². The lowest BCUT2D eigenvalue weighted by atomic mass is 10.1. The standard InChI is InChI=1S/C20H20F3N3O2S2/c1-13-12-26(30(27,28)17-4-5-18-15(9-17)7-8-29-18)14(2)11-25(13)19-6-3-16(10-24-19)20(21,22)23/h3-10,13-14H,11-12H2,1-2H3. The fourth-order valence-corrected chi connectivity index (χ4v) is 6.22. The van der Waals surface area contributed by atoms with E-state index in [9.17, 15) is 21.6 Å². The first kappa shape index (κ1) is 21.1. The summed E-state index contributed by atoms with van der Waals surface area (Å²) in [5, 5.41) is 2.80. The number of alkyl halides is 3. The summed E-state index contributed by atoms with van der Waals surface area (Å²) in [5.41, 5.74) is -0.808. The van der Waals surface area contributed by atoms with E-state index in [0.717, 1.165) is 22.3 Å². The Hall–Kier alpha value is -2.17. The third-order valence-corrected chi connectivity index (χ3v) is 8.20. The molecule has 2 unspecified atom stereocenters. The first-order valence-electron chi connectivity index (χ1n) is 9.36. The number of hydrogen-bond donors (Lipinski definition) is 0. The summed E-state index contributed by atoms with van der Waals surface area (Å²) in [6, 6.07) is 8.72. The van der Waals surface area contributed by atoms with Gasteiger partial charge in [-0.15, -0.1) is 11.3 Å². The highest BCUT2D eigenvalue weighted by molar-refractivity contribution is 7.89. The number of sulfonamides is 1. The van der Waals surface area contributed by atoms with E-state index in [1.54, 1.807) is 30.4 Å². The average molecular weight is 456 g/mol. The monoisotopic (exact) mass is 455 g/mol. The SMILES string of the molecule is CC1CN(S(=O)(=O)c2ccc3sccc3c2)C(C)CN1c1ccc(C(F)(F)F)cn1. The molecule has 5 nitrogen and oxygen atoms in total. The van der Waals surface area contributed by atoms with Crippen molar-refractivity contribution in [1.82, 2.24) is 9.29 Å². The molecular formula is C20H20F3N3O2S2. The molecule has 0 aliphatic carbocycles. The molecular weight excluding hydrogens is 435 g/mol. The van der Waals surface area contributed by atoms with E-state index >= 15 is 0 Å². The van der Waals surface area contributed by atoms with Gasteiger partial charge in [-0.1, -0.05) is 0 Å². The summed E-state index contributed by atoms with van der Waals surface area (Å²) in [4.78, 5) is 6.06. The molecule has 2 aromatic heterocycles. The lowest BCUT2D eigenvalue weighted by Crippen LogP contribution is -2.58. The molecule has 1 aliphatic rings. The Kier molecular flexibility index (Phi) is 5.27. The number of nitrogens with zero attached hydrogens (tertiary/aromatic N) is 3. The molecule has 0 bridgehead atoms. The van der Waals surface area contributed by atoms with Crippen molar-refractivity contribution in [1.29, 1.82) is 0 Å². The van der Waals surface area contributed by atoms with Crippen molar-refractivity contribution >= 4 is 37.3 Å². The van der Waals surface area contributed by atoms with Crippen LogP contribution in [0.15, 0.2) is 52.9 Å². The number of anilines is 1. The van der Waals surface area contributed by atoms with Crippen molar-refractivity contribution in [3.8, 4) is 0 Å². The first-order valence-corrected chi connectivity index (χ1v) is 11.7. The number of aromatic nitrogens is 1. The molecule has 30 heavy (non-hydrogen) atoms. The van der Waals surface area contributed by atoms with E-state index in [0.29, 0.717) is 12.4 Å². The van der Waals surface area contributed by atoms with Crippen molar-refractivity contribution in [2.24, 2.45) is 0 Å². The van der Waals surface area contributed by atoms with E-state index in [1.165, 1.54) is 10.4 Å². The zero-order valence-electron chi connectivity index (χ0n) is 16.3. The largest absolute Gasteiger partial charge is 0.417 e. The molecule has 0 amide bonds. The maximum Gasteiger partial charge on any atom is 0.417 e. The number of rotatable bonds is 3. The van der Waals surface area contributed by atoms with Gasteiger partial charge in [-0.3, -0.25) is 0 Å². The fraction of sp³-hybridized carbons (Fsp3) is 0.350. The number of halogens is 3. The zero-order valence-corrected chi connectivity index (χ0v) is 17.9. The second-order valence-electron chi connectivity index (χ2n) is 7.45. The summed E-state index contributed by atoms with van der Waals surface area (Å²) in [7, 11) is -3.70. The second kappa shape index (κ2) is 7.51. The summed E-state index contributed by atoms with van der Waals surface area (Å²) in [5.74, 6) is 0.402. The van der Waals surface area contributed by atoms with Crippen LogP contribution in [0, 0.1) is 0 Å². The number of hydrogen-bond acceptors (Lipinski definition) is 5. The highest BCUT2D eigenvalue weighted by Gasteiger charge is 2.38. The highest BCUT2D eigenvalue weighted by Crippen LogP contribution is 2.32. The molecule has 3 heterocycles. The summed E-state index contributed by atoms with van der Waals surface area (Å²) < 4.78 is 67.4. The predicted molar refractivity (Wildman–Crippen MR) is 111 cm³/mol. The van der Waals surface area contributed by atoms with Gasteiger partial charge in [-0.05, 0) is 61.0 Å². The molecule has 0 radical (unpaired) electrons. The molecule has 0 spiro atoms. The van der Waals surface area contributed by atoms with Gasteiger partial charge in [0.2, 0.25) is 10.0 Å². The molecule has 0 N–H and O–H groups in total. The number of piperazine rings is 1. The van der Waals surface area contributed by atoms with Crippen LogP contribution in [0.5, 0.6) is 0 Å².